The fourth-order valence-electron chi connectivity index (χ4n) is 3.52. The van der Waals surface area contributed by atoms with Gasteiger partial charge in [0.15, 0.2) is 0 Å². The first-order chi connectivity index (χ1) is 19.1. The van der Waals surface area contributed by atoms with Crippen molar-refractivity contribution in [3.05, 3.63) is 88.7 Å². The minimum Gasteiger partial charge on any atom is -0.665 e. The predicted octanol–water partition coefficient (Wildman–Crippen LogP) is 9.73. The van der Waals surface area contributed by atoms with Crippen molar-refractivity contribution in [1.29, 1.82) is 0 Å². The molecule has 0 saturated carbocycles. The van der Waals surface area contributed by atoms with Crippen molar-refractivity contribution in [2.75, 3.05) is 0 Å². The van der Waals surface area contributed by atoms with Gasteiger partial charge in [-0.15, -0.1) is 0 Å². The van der Waals surface area contributed by atoms with E-state index in [4.69, 9.17) is 8.60 Å². The summed E-state index contributed by atoms with van der Waals surface area (Å²) in [6.07, 6.45) is -11.4. The normalized spacial score (nSPS) is 12.2. The van der Waals surface area contributed by atoms with Crippen molar-refractivity contribution in [1.82, 2.24) is 4.98 Å². The van der Waals surface area contributed by atoms with E-state index in [0.29, 0.717) is 11.8 Å². The molecule has 0 bridgehead atoms. The molecule has 3 nitrogen and oxygen atoms in total. The zero-order valence-corrected chi connectivity index (χ0v) is 27.5. The number of hydrogen-bond donors (Lipinski definition) is 1. The van der Waals surface area contributed by atoms with Gasteiger partial charge in [-0.3, -0.25) is 0 Å². The fraction of sp³-hybridized carbons (Fsp3) is 0.469. The Morgan fingerprint density at radius 3 is 1.45 bits per heavy atom. The van der Waals surface area contributed by atoms with Gasteiger partial charge in [0, 0.05) is 0 Å². The Morgan fingerprint density at radius 2 is 1.14 bits per heavy atom. The van der Waals surface area contributed by atoms with Crippen LogP contribution >= 0.6 is 0 Å². The fourth-order valence-corrected chi connectivity index (χ4v) is 5.41. The molecular weight excluding hydrogens is 638 g/mol. The van der Waals surface area contributed by atoms with E-state index in [2.05, 4.69) is 99.5 Å². The second-order valence-electron chi connectivity index (χ2n) is 11.3. The number of benzene rings is 2. The third kappa shape index (κ3) is 11.0. The number of nitrogens with zero attached hydrogens (tertiary/aromatic N) is 2. The Labute approximate surface area is 253 Å². The summed E-state index contributed by atoms with van der Waals surface area (Å²) >= 11 is -0.553. The van der Waals surface area contributed by atoms with Crippen LogP contribution in [0.5, 0.6) is 0 Å². The molecule has 2 aromatic carbocycles. The maximum absolute atomic E-state index is 11.4. The molecule has 1 N–H and O–H groups in total. The Hall–Kier alpha value is -2.38. The van der Waals surface area contributed by atoms with Crippen LogP contribution in [0.1, 0.15) is 88.4 Å². The van der Waals surface area contributed by atoms with Gasteiger partial charge in [0.1, 0.15) is 0 Å². The van der Waals surface area contributed by atoms with Crippen LogP contribution in [0.4, 0.5) is 32.0 Å². The SMILES string of the molecule is CC(C)c1cccc(C(C)C)c1[N]=[Mo]=[CH]C(C)(C)c1ccccc1.CC(O)(C(F)(F)F)C(F)(F)F.Cc1ccc(C)[n-]1. The molecule has 0 saturated heterocycles. The third-order valence-electron chi connectivity index (χ3n) is 6.37. The average Bonchev–Trinajstić information content (AvgIpc) is 3.26. The number of aliphatic hydroxyl groups is 1. The van der Waals surface area contributed by atoms with Crippen molar-refractivity contribution in [3.63, 3.8) is 0 Å². The van der Waals surface area contributed by atoms with Gasteiger partial charge in [-0.2, -0.15) is 37.7 Å². The number of alkyl halides is 6. The molecule has 0 unspecified atom stereocenters. The summed E-state index contributed by atoms with van der Waals surface area (Å²) < 4.78 is 75.7. The summed E-state index contributed by atoms with van der Waals surface area (Å²) in [4.78, 5) is 4.11. The van der Waals surface area contributed by atoms with Crippen LogP contribution in [0.15, 0.2) is 64.2 Å². The second kappa shape index (κ2) is 15.4. The third-order valence-corrected chi connectivity index (χ3v) is 8.79. The molecule has 0 aliphatic heterocycles. The number of rotatable bonds is 5. The molecule has 42 heavy (non-hydrogen) atoms. The Balaban J connectivity index is 0.000000401. The summed E-state index contributed by atoms with van der Waals surface area (Å²) in [6, 6.07) is 21.4. The first-order valence-electron chi connectivity index (χ1n) is 13.4. The molecular formula is C32H41F6MoN2O-. The minimum absolute atomic E-state index is 0.0811. The van der Waals surface area contributed by atoms with Crippen LogP contribution in [0.2, 0.25) is 0 Å². The van der Waals surface area contributed by atoms with E-state index in [9.17, 15) is 26.3 Å². The second-order valence-corrected chi connectivity index (χ2v) is 12.8. The molecule has 10 heteroatoms. The Bertz CT molecular complexity index is 1260. The van der Waals surface area contributed by atoms with Gasteiger partial charge in [-0.25, -0.2) is 0 Å². The smallest absolute Gasteiger partial charge is 0.425 e. The Morgan fingerprint density at radius 1 is 0.714 bits per heavy atom. The van der Waals surface area contributed by atoms with Gasteiger partial charge in [-0.1, -0.05) is 26.0 Å². The first-order valence-corrected chi connectivity index (χ1v) is 15.5. The van der Waals surface area contributed by atoms with Gasteiger partial charge in [-0.05, 0) is 6.92 Å². The van der Waals surface area contributed by atoms with Gasteiger partial charge < -0.3 is 10.1 Å². The van der Waals surface area contributed by atoms with Crippen molar-refractivity contribution in [2.45, 2.75) is 97.5 Å². The van der Waals surface area contributed by atoms with Crippen LogP contribution in [-0.2, 0) is 23.3 Å². The van der Waals surface area contributed by atoms with E-state index in [0.717, 1.165) is 11.4 Å². The van der Waals surface area contributed by atoms with Gasteiger partial charge in [0.05, 0.1) is 0 Å². The van der Waals surface area contributed by atoms with E-state index < -0.39 is 35.9 Å². The molecule has 0 spiro atoms. The molecule has 0 fully saturated rings. The van der Waals surface area contributed by atoms with Crippen LogP contribution in [-0.4, -0.2) is 27.5 Å². The Kier molecular flexibility index (Phi) is 13.8. The van der Waals surface area contributed by atoms with Crippen molar-refractivity contribution in [3.8, 4) is 0 Å². The maximum atomic E-state index is 11.4. The summed E-state index contributed by atoms with van der Waals surface area (Å²) in [5.74, 6) is 1.02. The van der Waals surface area contributed by atoms with Crippen molar-refractivity contribution in [2.24, 2.45) is 3.50 Å². The molecule has 234 valence electrons. The largest absolute Gasteiger partial charge is 0.665 e. The standard InChI is InChI=1S/C12H17N.C10H12.C6H8N.C4H4F6O.Mo/c1-8(2)10-6-5-7-11(9(3)4)12(10)13;1-10(2,3)9-7-5-4-6-8-9;1-5-3-4-6(2)7-5;1-2(11,3(5,6)7)4(8,9)10;/h5-9H,1-4H3;1,4-8H,2-3H3;3-4H,1-2H3;11H,1H3;/q;;-1;;. The van der Waals surface area contributed by atoms with Gasteiger partial charge >= 0.3 is 168 Å². The average molecular weight is 680 g/mol. The van der Waals surface area contributed by atoms with E-state index >= 15 is 0 Å². The van der Waals surface area contributed by atoms with E-state index in [-0.39, 0.29) is 12.3 Å². The number of aromatic nitrogens is 1. The molecule has 1 heterocycles. The zero-order chi connectivity index (χ0) is 32.5. The zero-order valence-electron chi connectivity index (χ0n) is 25.5. The molecule has 0 aliphatic carbocycles. The summed E-state index contributed by atoms with van der Waals surface area (Å²) in [5.41, 5.74) is 3.07. The number of hydrogen-bond acceptors (Lipinski definition) is 2. The predicted molar refractivity (Wildman–Crippen MR) is 154 cm³/mol. The minimum atomic E-state index is -5.69. The molecule has 0 amide bonds. The molecule has 3 aromatic rings. The number of halogens is 6. The van der Waals surface area contributed by atoms with E-state index in [1.807, 2.05) is 26.0 Å². The van der Waals surface area contributed by atoms with Crippen LogP contribution < -0.4 is 4.98 Å². The van der Waals surface area contributed by atoms with E-state index in [1.54, 1.807) is 0 Å². The van der Waals surface area contributed by atoms with Gasteiger partial charge in [0.25, 0.3) is 5.60 Å². The molecule has 1 aromatic heterocycles. The van der Waals surface area contributed by atoms with Crippen molar-refractivity contribution < 1.29 is 49.4 Å². The molecule has 0 atom stereocenters. The van der Waals surface area contributed by atoms with E-state index in [1.165, 1.54) is 22.4 Å². The molecule has 0 radical (unpaired) electrons. The maximum Gasteiger partial charge on any atom is 0.425 e. The van der Waals surface area contributed by atoms with Crippen LogP contribution in [0, 0.1) is 13.8 Å². The molecule has 0 aliphatic rings. The summed E-state index contributed by atoms with van der Waals surface area (Å²) in [5, 5.41) is 7.94. The van der Waals surface area contributed by atoms with Crippen molar-refractivity contribution >= 4 is 10.1 Å². The topological polar surface area (TPSA) is 46.7 Å². The first kappa shape index (κ1) is 37.6. The van der Waals surface area contributed by atoms with Crippen LogP contribution in [0.25, 0.3) is 0 Å². The monoisotopic (exact) mass is 681 g/mol. The van der Waals surface area contributed by atoms with Crippen LogP contribution in [0.3, 0.4) is 0 Å². The summed E-state index contributed by atoms with van der Waals surface area (Å²) in [6.45, 7) is 17.3. The quantitative estimate of drug-likeness (QED) is 0.216. The van der Waals surface area contributed by atoms with Gasteiger partial charge in [0.2, 0.25) is 0 Å². The molecule has 3 rings (SSSR count). The number of aryl methyl sites for hydroxylation is 2. The summed E-state index contributed by atoms with van der Waals surface area (Å²) in [7, 11) is 0.